The lowest BCUT2D eigenvalue weighted by Crippen LogP contribution is -2.28. The average molecular weight is 369 g/mol. The Bertz CT molecular complexity index is 900. The monoisotopic (exact) mass is 369 g/mol. The third kappa shape index (κ3) is 4.49. The molecule has 0 radical (unpaired) electrons. The summed E-state index contributed by atoms with van der Waals surface area (Å²) in [7, 11) is 1.60. The lowest BCUT2D eigenvalue weighted by atomic mass is 10.2. The number of nitrogens with one attached hydrogen (secondary N) is 1. The first-order valence-corrected chi connectivity index (χ1v) is 8.78. The number of furan rings is 1. The van der Waals surface area contributed by atoms with Crippen molar-refractivity contribution in [1.82, 2.24) is 15.1 Å². The van der Waals surface area contributed by atoms with Crippen LogP contribution in [0.2, 0.25) is 0 Å². The molecule has 1 atom stereocenters. The van der Waals surface area contributed by atoms with Gasteiger partial charge in [-0.15, -0.1) is 0 Å². The van der Waals surface area contributed by atoms with Gasteiger partial charge in [-0.25, -0.2) is 0 Å². The number of hydrogen-bond acceptors (Lipinski definition) is 5. The largest absolute Gasteiger partial charge is 0.497 e. The van der Waals surface area contributed by atoms with Crippen LogP contribution >= 0.6 is 0 Å². The molecule has 1 N–H and O–H groups in total. The SMILES string of the molecule is CCn1nccc1C(C)NC(=O)c1ccc(COc2cccc(OC)c2)o1. The van der Waals surface area contributed by atoms with Gasteiger partial charge in [0.2, 0.25) is 0 Å². The summed E-state index contributed by atoms with van der Waals surface area (Å²) in [5.41, 5.74) is 0.944. The molecule has 2 aromatic heterocycles. The predicted octanol–water partition coefficient (Wildman–Crippen LogP) is 3.57. The summed E-state index contributed by atoms with van der Waals surface area (Å²) in [6, 6.07) is 12.4. The fourth-order valence-electron chi connectivity index (χ4n) is 2.74. The zero-order valence-corrected chi connectivity index (χ0v) is 15.6. The van der Waals surface area contributed by atoms with E-state index in [1.165, 1.54) is 0 Å². The number of aryl methyl sites for hydroxylation is 1. The number of nitrogens with zero attached hydrogens (tertiary/aromatic N) is 2. The minimum Gasteiger partial charge on any atom is -0.497 e. The molecule has 0 aliphatic carbocycles. The highest BCUT2D eigenvalue weighted by Crippen LogP contribution is 2.20. The van der Waals surface area contributed by atoms with Crippen LogP contribution in [0.25, 0.3) is 0 Å². The molecule has 1 amide bonds. The topological polar surface area (TPSA) is 78.5 Å². The molecule has 7 nitrogen and oxygen atoms in total. The van der Waals surface area contributed by atoms with E-state index in [9.17, 15) is 4.79 Å². The zero-order valence-electron chi connectivity index (χ0n) is 15.6. The van der Waals surface area contributed by atoms with Crippen LogP contribution in [0.15, 0.2) is 53.1 Å². The van der Waals surface area contributed by atoms with Gasteiger partial charge in [-0.1, -0.05) is 6.07 Å². The van der Waals surface area contributed by atoms with Crippen molar-refractivity contribution in [1.29, 1.82) is 0 Å². The fourth-order valence-corrected chi connectivity index (χ4v) is 2.74. The van der Waals surface area contributed by atoms with E-state index in [1.807, 2.05) is 42.8 Å². The molecule has 142 valence electrons. The summed E-state index contributed by atoms with van der Waals surface area (Å²) in [6.07, 6.45) is 1.72. The molecule has 0 spiro atoms. The van der Waals surface area contributed by atoms with E-state index in [0.717, 1.165) is 12.2 Å². The molecule has 3 rings (SSSR count). The van der Waals surface area contributed by atoms with E-state index in [-0.39, 0.29) is 24.3 Å². The molecule has 0 saturated heterocycles. The molecule has 0 bridgehead atoms. The minimum atomic E-state index is -0.279. The summed E-state index contributed by atoms with van der Waals surface area (Å²) in [5.74, 6) is 1.91. The number of hydrogen-bond donors (Lipinski definition) is 1. The molecule has 0 fully saturated rings. The highest BCUT2D eigenvalue weighted by atomic mass is 16.5. The van der Waals surface area contributed by atoms with Crippen molar-refractivity contribution in [2.75, 3.05) is 7.11 Å². The Morgan fingerprint density at radius 2 is 2.07 bits per heavy atom. The number of aromatic nitrogens is 2. The van der Waals surface area contributed by atoms with Crippen LogP contribution in [0.4, 0.5) is 0 Å². The number of carbonyl (C=O) groups excluding carboxylic acids is 1. The third-order valence-corrected chi connectivity index (χ3v) is 4.15. The molecule has 7 heteroatoms. The van der Waals surface area contributed by atoms with Crippen LogP contribution < -0.4 is 14.8 Å². The van der Waals surface area contributed by atoms with Crippen molar-refractivity contribution in [3.63, 3.8) is 0 Å². The average Bonchev–Trinajstić information content (AvgIpc) is 3.35. The second kappa shape index (κ2) is 8.44. The highest BCUT2D eigenvalue weighted by molar-refractivity contribution is 5.91. The predicted molar refractivity (Wildman–Crippen MR) is 99.8 cm³/mol. The normalized spacial score (nSPS) is 11.8. The number of benzene rings is 1. The lowest BCUT2D eigenvalue weighted by molar-refractivity contribution is 0.0906. The Labute approximate surface area is 157 Å². The molecule has 1 unspecified atom stereocenters. The van der Waals surface area contributed by atoms with Gasteiger partial charge < -0.3 is 19.2 Å². The molecule has 0 saturated carbocycles. The van der Waals surface area contributed by atoms with Gasteiger partial charge in [0.1, 0.15) is 23.9 Å². The van der Waals surface area contributed by atoms with Crippen molar-refractivity contribution < 1.29 is 18.7 Å². The van der Waals surface area contributed by atoms with Crippen LogP contribution in [0.3, 0.4) is 0 Å². The van der Waals surface area contributed by atoms with Gasteiger partial charge in [0.15, 0.2) is 5.76 Å². The maximum atomic E-state index is 12.4. The quantitative estimate of drug-likeness (QED) is 0.657. The Morgan fingerprint density at radius 3 is 2.85 bits per heavy atom. The van der Waals surface area contributed by atoms with Crippen LogP contribution in [0, 0.1) is 0 Å². The third-order valence-electron chi connectivity index (χ3n) is 4.15. The lowest BCUT2D eigenvalue weighted by Gasteiger charge is -2.14. The molecular weight excluding hydrogens is 346 g/mol. The Balaban J connectivity index is 1.58. The van der Waals surface area contributed by atoms with E-state index < -0.39 is 0 Å². The summed E-state index contributed by atoms with van der Waals surface area (Å²) < 4.78 is 18.3. The molecule has 0 aliphatic rings. The van der Waals surface area contributed by atoms with Gasteiger partial charge in [0.05, 0.1) is 18.8 Å². The number of amides is 1. The molecule has 1 aromatic carbocycles. The summed E-state index contributed by atoms with van der Waals surface area (Å²) in [6.45, 7) is 4.89. The maximum Gasteiger partial charge on any atom is 0.287 e. The van der Waals surface area contributed by atoms with Gasteiger partial charge in [0, 0.05) is 18.8 Å². The van der Waals surface area contributed by atoms with Crippen molar-refractivity contribution in [3.8, 4) is 11.5 Å². The maximum absolute atomic E-state index is 12.4. The van der Waals surface area contributed by atoms with E-state index in [0.29, 0.717) is 17.3 Å². The molecular formula is C20H23N3O4. The highest BCUT2D eigenvalue weighted by Gasteiger charge is 2.17. The zero-order chi connectivity index (χ0) is 19.2. The first-order valence-electron chi connectivity index (χ1n) is 8.78. The molecule has 27 heavy (non-hydrogen) atoms. The van der Waals surface area contributed by atoms with Crippen LogP contribution in [0.1, 0.15) is 41.9 Å². The smallest absolute Gasteiger partial charge is 0.287 e. The standard InChI is InChI=1S/C20H23N3O4/c1-4-23-18(10-11-21-23)14(2)22-20(24)19-9-8-17(27-19)13-26-16-7-5-6-15(12-16)25-3/h5-12,14H,4,13H2,1-3H3,(H,22,24). The van der Waals surface area contributed by atoms with Crippen molar-refractivity contribution in [3.05, 3.63) is 65.9 Å². The van der Waals surface area contributed by atoms with Gasteiger partial charge in [-0.05, 0) is 44.2 Å². The molecule has 3 aromatic rings. The Kier molecular flexibility index (Phi) is 5.80. The van der Waals surface area contributed by atoms with Crippen molar-refractivity contribution in [2.24, 2.45) is 0 Å². The molecule has 2 heterocycles. The summed E-state index contributed by atoms with van der Waals surface area (Å²) in [4.78, 5) is 12.4. The Morgan fingerprint density at radius 1 is 1.26 bits per heavy atom. The van der Waals surface area contributed by atoms with Crippen LogP contribution in [-0.2, 0) is 13.2 Å². The van der Waals surface area contributed by atoms with E-state index in [4.69, 9.17) is 13.9 Å². The first kappa shape index (κ1) is 18.6. The number of ether oxygens (including phenoxy) is 2. The van der Waals surface area contributed by atoms with E-state index in [2.05, 4.69) is 10.4 Å². The summed E-state index contributed by atoms with van der Waals surface area (Å²) in [5, 5.41) is 7.15. The van der Waals surface area contributed by atoms with Crippen LogP contribution in [-0.4, -0.2) is 22.8 Å². The minimum absolute atomic E-state index is 0.179. The van der Waals surface area contributed by atoms with Gasteiger partial charge >= 0.3 is 0 Å². The second-order valence-electron chi connectivity index (χ2n) is 6.00. The number of carbonyl (C=O) groups is 1. The number of rotatable bonds is 8. The van der Waals surface area contributed by atoms with Gasteiger partial charge in [0.25, 0.3) is 5.91 Å². The molecule has 0 aliphatic heterocycles. The Hall–Kier alpha value is -3.22. The van der Waals surface area contributed by atoms with E-state index in [1.54, 1.807) is 31.5 Å². The van der Waals surface area contributed by atoms with Crippen molar-refractivity contribution in [2.45, 2.75) is 33.0 Å². The van der Waals surface area contributed by atoms with E-state index >= 15 is 0 Å². The summed E-state index contributed by atoms with van der Waals surface area (Å²) >= 11 is 0. The van der Waals surface area contributed by atoms with Gasteiger partial charge in [-0.3, -0.25) is 9.48 Å². The number of methoxy groups -OCH3 is 1. The first-order chi connectivity index (χ1) is 13.1. The van der Waals surface area contributed by atoms with Crippen LogP contribution in [0.5, 0.6) is 11.5 Å². The fraction of sp³-hybridized carbons (Fsp3) is 0.300. The second-order valence-corrected chi connectivity index (χ2v) is 6.00. The van der Waals surface area contributed by atoms with Gasteiger partial charge in [-0.2, -0.15) is 5.10 Å². The van der Waals surface area contributed by atoms with Crippen molar-refractivity contribution >= 4 is 5.91 Å².